The molecule has 1 amide bonds. The molecule has 0 unspecified atom stereocenters. The Balaban J connectivity index is 2.49. The van der Waals surface area contributed by atoms with Crippen LogP contribution in [0.3, 0.4) is 0 Å². The predicted octanol–water partition coefficient (Wildman–Crippen LogP) is 4.05. The van der Waals surface area contributed by atoms with E-state index in [2.05, 4.69) is 33.5 Å². The van der Waals surface area contributed by atoms with Gasteiger partial charge in [-0.2, -0.15) is 0 Å². The monoisotopic (exact) mass is 430 g/mol. The fourth-order valence-corrected chi connectivity index (χ4v) is 2.74. The predicted molar refractivity (Wildman–Crippen MR) is 108 cm³/mol. The summed E-state index contributed by atoms with van der Waals surface area (Å²) in [7, 11) is 1.60. The maximum Gasteiger partial charge on any atom is 0.261 e. The molecule has 0 aliphatic rings. The first-order valence-corrected chi connectivity index (χ1v) is 9.79. The third-order valence-corrected chi connectivity index (χ3v) is 4.26. The zero-order valence-electron chi connectivity index (χ0n) is 14.9. The fraction of sp³-hybridized carbons (Fsp3) is 0.556. The van der Waals surface area contributed by atoms with Crippen LogP contribution in [-0.2, 0) is 4.74 Å². The Morgan fingerprint density at radius 2 is 1.96 bits per heavy atom. The van der Waals surface area contributed by atoms with Crippen molar-refractivity contribution in [3.05, 3.63) is 28.2 Å². The van der Waals surface area contributed by atoms with Crippen molar-refractivity contribution in [2.75, 3.05) is 26.9 Å². The molecule has 0 bridgehead atoms. The van der Waals surface area contributed by atoms with Crippen LogP contribution in [0.4, 0.5) is 0 Å². The lowest BCUT2D eigenvalue weighted by atomic mass is 10.1. The van der Waals surface area contributed by atoms with E-state index in [1.54, 1.807) is 19.2 Å². The molecule has 0 aliphatic carbocycles. The fourth-order valence-electron chi connectivity index (χ4n) is 2.19. The normalized spacial score (nSPS) is 10.4. The molecule has 0 radical (unpaired) electrons. The largest absolute Gasteiger partial charge is 0.490 e. The molecule has 140 valence electrons. The minimum absolute atomic E-state index is 0.294. The van der Waals surface area contributed by atoms with Gasteiger partial charge in [0.2, 0.25) is 0 Å². The van der Waals surface area contributed by atoms with Gasteiger partial charge in [-0.15, -0.1) is 0 Å². The van der Waals surface area contributed by atoms with Crippen molar-refractivity contribution in [2.45, 2.75) is 39.0 Å². The van der Waals surface area contributed by atoms with Crippen LogP contribution in [-0.4, -0.2) is 37.9 Å². The van der Waals surface area contributed by atoms with Crippen molar-refractivity contribution in [2.24, 2.45) is 0 Å². The van der Waals surface area contributed by atoms with Gasteiger partial charge in [0.25, 0.3) is 5.91 Å². The second-order valence-electron chi connectivity index (χ2n) is 5.61. The summed E-state index contributed by atoms with van der Waals surface area (Å²) >= 11 is 8.57. The van der Waals surface area contributed by atoms with Crippen molar-refractivity contribution >= 4 is 39.2 Å². The molecule has 0 atom stereocenters. The Morgan fingerprint density at radius 1 is 1.20 bits per heavy atom. The Kier molecular flexibility index (Phi) is 11.4. The summed E-state index contributed by atoms with van der Waals surface area (Å²) in [4.78, 5) is 12.5. The third kappa shape index (κ3) is 9.18. The lowest BCUT2D eigenvalue weighted by Crippen LogP contribution is -2.39. The number of thiocarbonyl (C=S) groups is 1. The molecule has 0 saturated heterocycles. The smallest absolute Gasteiger partial charge is 0.261 e. The number of carbonyl (C=O) groups is 1. The van der Waals surface area contributed by atoms with Gasteiger partial charge in [-0.25, -0.2) is 0 Å². The van der Waals surface area contributed by atoms with E-state index in [9.17, 15) is 4.79 Å². The molecule has 0 fully saturated rings. The zero-order chi connectivity index (χ0) is 18.5. The highest BCUT2D eigenvalue weighted by atomic mass is 79.9. The number of methoxy groups -OCH3 is 1. The van der Waals surface area contributed by atoms with E-state index in [0.717, 1.165) is 17.4 Å². The highest BCUT2D eigenvalue weighted by Gasteiger charge is 2.14. The molecular weight excluding hydrogens is 404 g/mol. The van der Waals surface area contributed by atoms with Crippen molar-refractivity contribution in [1.29, 1.82) is 0 Å². The first-order chi connectivity index (χ1) is 12.1. The van der Waals surface area contributed by atoms with E-state index in [0.29, 0.717) is 29.6 Å². The van der Waals surface area contributed by atoms with Crippen LogP contribution < -0.4 is 15.4 Å². The van der Waals surface area contributed by atoms with Crippen molar-refractivity contribution in [1.82, 2.24) is 10.6 Å². The van der Waals surface area contributed by atoms with Crippen LogP contribution >= 0.6 is 28.1 Å². The summed E-state index contributed by atoms with van der Waals surface area (Å²) in [6.07, 6.45) is 5.93. The second kappa shape index (κ2) is 13.1. The van der Waals surface area contributed by atoms with E-state index in [1.165, 1.54) is 25.7 Å². The number of amides is 1. The van der Waals surface area contributed by atoms with Gasteiger partial charge in [0.1, 0.15) is 12.4 Å². The number of halogens is 1. The summed E-state index contributed by atoms with van der Waals surface area (Å²) in [6.45, 7) is 3.78. The Labute approximate surface area is 164 Å². The molecule has 5 nitrogen and oxygen atoms in total. The summed E-state index contributed by atoms with van der Waals surface area (Å²) < 4.78 is 11.4. The van der Waals surface area contributed by atoms with Crippen molar-refractivity contribution < 1.29 is 14.3 Å². The van der Waals surface area contributed by atoms with E-state index >= 15 is 0 Å². The standard InChI is InChI=1S/C18H27BrN2O3S/c1-3-4-5-6-7-10-20-18(25)21-17(22)15-13-14(19)8-9-16(15)24-12-11-23-2/h8-9,13H,3-7,10-12H2,1-2H3,(H2,20,21,22,25). The van der Waals surface area contributed by atoms with Gasteiger partial charge in [-0.3, -0.25) is 10.1 Å². The summed E-state index contributed by atoms with van der Waals surface area (Å²) in [5.41, 5.74) is 0.428. The Hall–Kier alpha value is -1.18. The number of unbranched alkanes of at least 4 members (excludes halogenated alkanes) is 4. The van der Waals surface area contributed by atoms with Gasteiger partial charge in [0, 0.05) is 18.1 Å². The minimum Gasteiger partial charge on any atom is -0.490 e. The number of carbonyl (C=O) groups excluding carboxylic acids is 1. The maximum absolute atomic E-state index is 12.5. The Bertz CT molecular complexity index is 555. The summed E-state index contributed by atoms with van der Waals surface area (Å²) in [6, 6.07) is 5.29. The Morgan fingerprint density at radius 3 is 2.68 bits per heavy atom. The van der Waals surface area contributed by atoms with Gasteiger partial charge in [-0.1, -0.05) is 48.5 Å². The molecule has 1 rings (SSSR count). The van der Waals surface area contributed by atoms with Crippen LogP contribution in [0.15, 0.2) is 22.7 Å². The van der Waals surface area contributed by atoms with Crippen LogP contribution in [0, 0.1) is 0 Å². The first kappa shape index (κ1) is 21.9. The number of hydrogen-bond donors (Lipinski definition) is 2. The number of rotatable bonds is 11. The average molecular weight is 431 g/mol. The number of hydrogen-bond acceptors (Lipinski definition) is 4. The minimum atomic E-state index is -0.294. The average Bonchev–Trinajstić information content (AvgIpc) is 2.59. The van der Waals surface area contributed by atoms with Crippen molar-refractivity contribution in [3.63, 3.8) is 0 Å². The zero-order valence-corrected chi connectivity index (χ0v) is 17.3. The molecule has 0 aliphatic heterocycles. The van der Waals surface area contributed by atoms with Gasteiger partial charge in [0.05, 0.1) is 12.2 Å². The van der Waals surface area contributed by atoms with Gasteiger partial charge in [0.15, 0.2) is 5.11 Å². The van der Waals surface area contributed by atoms with Crippen LogP contribution in [0.25, 0.3) is 0 Å². The molecule has 25 heavy (non-hydrogen) atoms. The topological polar surface area (TPSA) is 59.6 Å². The molecule has 1 aromatic rings. The van der Waals surface area contributed by atoms with Gasteiger partial charge in [-0.05, 0) is 36.8 Å². The van der Waals surface area contributed by atoms with Crippen molar-refractivity contribution in [3.8, 4) is 5.75 Å². The molecule has 0 spiro atoms. The second-order valence-corrected chi connectivity index (χ2v) is 6.93. The maximum atomic E-state index is 12.5. The van der Waals surface area contributed by atoms with Gasteiger partial charge < -0.3 is 14.8 Å². The quantitative estimate of drug-likeness (QED) is 0.409. The molecule has 7 heteroatoms. The number of nitrogens with one attached hydrogen (secondary N) is 2. The van der Waals surface area contributed by atoms with E-state index in [-0.39, 0.29) is 5.91 Å². The van der Waals surface area contributed by atoms with Crippen LogP contribution in [0.2, 0.25) is 0 Å². The molecule has 0 heterocycles. The summed E-state index contributed by atoms with van der Waals surface area (Å²) in [5.74, 6) is 0.206. The highest BCUT2D eigenvalue weighted by Crippen LogP contribution is 2.23. The van der Waals surface area contributed by atoms with E-state index < -0.39 is 0 Å². The number of benzene rings is 1. The van der Waals surface area contributed by atoms with E-state index in [4.69, 9.17) is 21.7 Å². The lowest BCUT2D eigenvalue weighted by molar-refractivity contribution is 0.0968. The van der Waals surface area contributed by atoms with E-state index in [1.807, 2.05) is 6.07 Å². The molecule has 0 saturated carbocycles. The lowest BCUT2D eigenvalue weighted by Gasteiger charge is -2.13. The SMILES string of the molecule is CCCCCCCNC(=S)NC(=O)c1cc(Br)ccc1OCCOC. The van der Waals surface area contributed by atoms with Crippen LogP contribution in [0.1, 0.15) is 49.4 Å². The highest BCUT2D eigenvalue weighted by molar-refractivity contribution is 9.10. The first-order valence-electron chi connectivity index (χ1n) is 8.59. The van der Waals surface area contributed by atoms with Gasteiger partial charge >= 0.3 is 0 Å². The third-order valence-electron chi connectivity index (χ3n) is 3.52. The van der Waals surface area contributed by atoms with Crippen LogP contribution in [0.5, 0.6) is 5.75 Å². The summed E-state index contributed by atoms with van der Waals surface area (Å²) in [5, 5.41) is 6.12. The number of ether oxygens (including phenoxy) is 2. The molecular formula is C18H27BrN2O3S. The molecule has 2 N–H and O–H groups in total. The molecule has 1 aromatic carbocycles. The molecule has 0 aromatic heterocycles.